The van der Waals surface area contributed by atoms with Crippen LogP contribution in [0, 0.1) is 0 Å². The lowest BCUT2D eigenvalue weighted by Gasteiger charge is -2.43. The Morgan fingerprint density at radius 2 is 1.55 bits per heavy atom. The van der Waals surface area contributed by atoms with Crippen molar-refractivity contribution in [3.8, 4) is 0 Å². The Kier molecular flexibility index (Phi) is 6.25. The van der Waals surface area contributed by atoms with Crippen LogP contribution >= 0.6 is 0 Å². The molecule has 0 aromatic rings. The highest BCUT2D eigenvalue weighted by atomic mass is 28.4. The summed E-state index contributed by atoms with van der Waals surface area (Å²) in [6, 6.07) is 0. The smallest absolute Gasteiger partial charge is 0.200 e. The van der Waals surface area contributed by atoms with E-state index in [0.29, 0.717) is 23.2 Å². The zero-order chi connectivity index (χ0) is 15.5. The van der Waals surface area contributed by atoms with Gasteiger partial charge in [0.2, 0.25) is 8.32 Å². The summed E-state index contributed by atoms with van der Waals surface area (Å²) in [5.74, 6) is 0. The number of ether oxygens (including phenoxy) is 1. The lowest BCUT2D eigenvalue weighted by Crippen LogP contribution is -2.51. The lowest BCUT2D eigenvalue weighted by atomic mass is 10.1. The van der Waals surface area contributed by atoms with Crippen LogP contribution < -0.4 is 0 Å². The molecule has 0 bridgehead atoms. The van der Waals surface area contributed by atoms with Gasteiger partial charge < -0.3 is 19.4 Å². The summed E-state index contributed by atoms with van der Waals surface area (Å²) >= 11 is 0. The highest BCUT2D eigenvalue weighted by molar-refractivity contribution is 6.77. The van der Waals surface area contributed by atoms with Crippen molar-refractivity contribution in [2.45, 2.75) is 76.5 Å². The van der Waals surface area contributed by atoms with Gasteiger partial charge in [0.25, 0.3) is 0 Å². The summed E-state index contributed by atoms with van der Waals surface area (Å²) in [6.45, 7) is 13.7. The maximum Gasteiger partial charge on any atom is 0.200 e. The van der Waals surface area contributed by atoms with Crippen molar-refractivity contribution in [3.05, 3.63) is 12.3 Å². The zero-order valence-corrected chi connectivity index (χ0v) is 14.5. The molecule has 3 atom stereocenters. The normalized spacial score (nSPS) is 27.4. The standard InChI is InChI=1S/C15H30O4Si/c1-10(2)20(11(3)4,12(5)6)19-9-14-15(17)13(16)7-8-18-14/h7-8,10-17H,9H2,1-6H3/t13-,14?,15-/m1/s1. The fraction of sp³-hybridized carbons (Fsp3) is 0.867. The largest absolute Gasteiger partial charge is 0.493 e. The fourth-order valence-electron chi connectivity index (χ4n) is 3.51. The quantitative estimate of drug-likeness (QED) is 0.741. The van der Waals surface area contributed by atoms with Gasteiger partial charge in [-0.2, -0.15) is 0 Å². The first-order chi connectivity index (χ1) is 9.23. The number of rotatable bonds is 6. The van der Waals surface area contributed by atoms with E-state index in [1.165, 1.54) is 12.3 Å². The third-order valence-corrected chi connectivity index (χ3v) is 10.5. The Bertz CT molecular complexity index is 306. The van der Waals surface area contributed by atoms with Crippen molar-refractivity contribution in [1.82, 2.24) is 0 Å². The first-order valence-corrected chi connectivity index (χ1v) is 9.69. The van der Waals surface area contributed by atoms with E-state index < -0.39 is 26.6 Å². The SMILES string of the molecule is CC(C)[Si](OCC1OC=C[C@@H](O)[C@H]1O)(C(C)C)C(C)C. The van der Waals surface area contributed by atoms with Crippen molar-refractivity contribution in [2.24, 2.45) is 0 Å². The van der Waals surface area contributed by atoms with Crippen molar-refractivity contribution in [3.63, 3.8) is 0 Å². The second-order valence-corrected chi connectivity index (χ2v) is 12.1. The molecule has 1 unspecified atom stereocenters. The van der Waals surface area contributed by atoms with Crippen LogP contribution in [0.2, 0.25) is 16.6 Å². The van der Waals surface area contributed by atoms with Crippen LogP contribution in [-0.2, 0) is 9.16 Å². The van der Waals surface area contributed by atoms with E-state index >= 15 is 0 Å². The number of aliphatic hydroxyl groups excluding tert-OH is 2. The minimum Gasteiger partial charge on any atom is -0.493 e. The molecule has 0 aromatic heterocycles. The van der Waals surface area contributed by atoms with Gasteiger partial charge in [0.15, 0.2) is 0 Å². The van der Waals surface area contributed by atoms with Crippen LogP contribution in [0.3, 0.4) is 0 Å². The maximum atomic E-state index is 9.96. The van der Waals surface area contributed by atoms with E-state index in [2.05, 4.69) is 41.5 Å². The molecule has 1 aliphatic heterocycles. The van der Waals surface area contributed by atoms with Crippen LogP contribution in [0.25, 0.3) is 0 Å². The molecule has 0 aliphatic carbocycles. The second-order valence-electron chi connectivity index (χ2n) is 6.61. The molecule has 2 N–H and O–H groups in total. The van der Waals surface area contributed by atoms with Gasteiger partial charge in [0, 0.05) is 0 Å². The molecule has 0 saturated heterocycles. The summed E-state index contributed by atoms with van der Waals surface area (Å²) in [7, 11) is -1.96. The van der Waals surface area contributed by atoms with Crippen LogP contribution in [0.5, 0.6) is 0 Å². The summed E-state index contributed by atoms with van der Waals surface area (Å²) in [5, 5.41) is 19.6. The molecule has 0 spiro atoms. The maximum absolute atomic E-state index is 9.96. The van der Waals surface area contributed by atoms with Gasteiger partial charge in [-0.05, 0) is 22.7 Å². The van der Waals surface area contributed by atoms with Crippen molar-refractivity contribution in [2.75, 3.05) is 6.61 Å². The number of hydrogen-bond acceptors (Lipinski definition) is 4. The third kappa shape index (κ3) is 3.45. The average Bonchev–Trinajstić information content (AvgIpc) is 2.33. The van der Waals surface area contributed by atoms with E-state index in [4.69, 9.17) is 9.16 Å². The predicted octanol–water partition coefficient (Wildman–Crippen LogP) is 2.81. The molecular formula is C15H30O4Si. The van der Waals surface area contributed by atoms with E-state index in [-0.39, 0.29) is 0 Å². The van der Waals surface area contributed by atoms with Gasteiger partial charge in [-0.15, -0.1) is 0 Å². The molecule has 5 heteroatoms. The molecule has 118 valence electrons. The Morgan fingerprint density at radius 3 is 2.00 bits per heavy atom. The lowest BCUT2D eigenvalue weighted by molar-refractivity contribution is -0.0792. The molecule has 0 radical (unpaired) electrons. The van der Waals surface area contributed by atoms with Crippen LogP contribution in [0.15, 0.2) is 12.3 Å². The Labute approximate surface area is 123 Å². The second kappa shape index (κ2) is 7.07. The van der Waals surface area contributed by atoms with E-state index in [0.717, 1.165) is 0 Å². The fourth-order valence-corrected chi connectivity index (χ4v) is 8.96. The number of aliphatic hydroxyl groups is 2. The zero-order valence-electron chi connectivity index (χ0n) is 13.5. The summed E-state index contributed by atoms with van der Waals surface area (Å²) < 4.78 is 11.8. The highest BCUT2D eigenvalue weighted by Gasteiger charge is 2.46. The predicted molar refractivity (Wildman–Crippen MR) is 83.0 cm³/mol. The van der Waals surface area contributed by atoms with Crippen molar-refractivity contribution in [1.29, 1.82) is 0 Å². The van der Waals surface area contributed by atoms with Gasteiger partial charge >= 0.3 is 0 Å². The van der Waals surface area contributed by atoms with Gasteiger partial charge in [-0.3, -0.25) is 0 Å². The van der Waals surface area contributed by atoms with Gasteiger partial charge in [0.1, 0.15) is 18.3 Å². The first kappa shape index (κ1) is 17.7. The van der Waals surface area contributed by atoms with Gasteiger partial charge in [0.05, 0.1) is 12.9 Å². The summed E-state index contributed by atoms with van der Waals surface area (Å²) in [4.78, 5) is 0. The third-order valence-electron chi connectivity index (χ3n) is 4.46. The molecule has 1 aliphatic rings. The molecule has 0 amide bonds. The summed E-state index contributed by atoms with van der Waals surface area (Å²) in [5.41, 5.74) is 1.47. The first-order valence-electron chi connectivity index (χ1n) is 7.55. The number of hydrogen-bond donors (Lipinski definition) is 2. The molecule has 1 rings (SSSR count). The van der Waals surface area contributed by atoms with E-state index in [1.807, 2.05) is 0 Å². The van der Waals surface area contributed by atoms with Crippen molar-refractivity contribution >= 4 is 8.32 Å². The van der Waals surface area contributed by atoms with Crippen LogP contribution in [-0.4, -0.2) is 43.4 Å². The molecule has 20 heavy (non-hydrogen) atoms. The van der Waals surface area contributed by atoms with Crippen LogP contribution in [0.1, 0.15) is 41.5 Å². The monoisotopic (exact) mass is 302 g/mol. The van der Waals surface area contributed by atoms with E-state index in [1.54, 1.807) is 0 Å². The molecule has 0 aromatic carbocycles. The van der Waals surface area contributed by atoms with E-state index in [9.17, 15) is 10.2 Å². The molecule has 0 saturated carbocycles. The topological polar surface area (TPSA) is 58.9 Å². The molecule has 1 heterocycles. The molecule has 4 nitrogen and oxygen atoms in total. The average molecular weight is 302 g/mol. The minimum absolute atomic E-state index is 0.337. The highest BCUT2D eigenvalue weighted by Crippen LogP contribution is 2.42. The van der Waals surface area contributed by atoms with Crippen LogP contribution in [0.4, 0.5) is 0 Å². The van der Waals surface area contributed by atoms with Gasteiger partial charge in [-0.1, -0.05) is 41.5 Å². The molecular weight excluding hydrogens is 272 g/mol. The Morgan fingerprint density at radius 1 is 1.05 bits per heavy atom. The molecule has 0 fully saturated rings. The Balaban J connectivity index is 2.79. The van der Waals surface area contributed by atoms with Gasteiger partial charge in [-0.25, -0.2) is 0 Å². The summed E-state index contributed by atoms with van der Waals surface area (Å²) in [6.07, 6.45) is 0.635. The Hall–Kier alpha value is -0.363. The minimum atomic E-state index is -1.96. The van der Waals surface area contributed by atoms with Crippen molar-refractivity contribution < 1.29 is 19.4 Å².